The Balaban J connectivity index is 1.49. The number of hydrogen-bond donors (Lipinski definition) is 0. The summed E-state index contributed by atoms with van der Waals surface area (Å²) in [6.45, 7) is 4.66. The molecule has 0 fully saturated rings. The molecule has 0 unspecified atom stereocenters. The summed E-state index contributed by atoms with van der Waals surface area (Å²) in [6, 6.07) is 16.3. The number of carbonyl (C=O) groups is 1. The second kappa shape index (κ2) is 10.3. The summed E-state index contributed by atoms with van der Waals surface area (Å²) < 4.78 is 19.7. The van der Waals surface area contributed by atoms with Crippen LogP contribution in [-0.4, -0.2) is 16.6 Å². The molecule has 2 heterocycles. The van der Waals surface area contributed by atoms with Crippen molar-refractivity contribution in [2.45, 2.75) is 44.0 Å². The van der Waals surface area contributed by atoms with Crippen LogP contribution in [0.1, 0.15) is 43.9 Å². The van der Waals surface area contributed by atoms with E-state index in [1.807, 2.05) is 18.2 Å². The minimum Gasteiger partial charge on any atom is -0.467 e. The summed E-state index contributed by atoms with van der Waals surface area (Å²) in [5, 5.41) is 0.695. The van der Waals surface area contributed by atoms with Gasteiger partial charge in [0.2, 0.25) is 5.91 Å². The quantitative estimate of drug-likeness (QED) is 0.192. The van der Waals surface area contributed by atoms with E-state index in [4.69, 9.17) is 9.40 Å². The molecule has 166 valence electrons. The first-order chi connectivity index (χ1) is 15.5. The van der Waals surface area contributed by atoms with Gasteiger partial charge in [0.15, 0.2) is 5.13 Å². The molecule has 32 heavy (non-hydrogen) atoms. The standard InChI is InChI=1S/C25H25FN2O2S2/c1-17(2)21-7-3-8-22-24(21)27-25(32-22)28(16-19-6-4-14-30-19)23(29)9-5-15-31-20-12-10-18(26)11-13-20/h3-4,6-8,10-14,17H,5,9,15-16H2,1-2H3. The third kappa shape index (κ3) is 5.40. The van der Waals surface area contributed by atoms with Gasteiger partial charge in [-0.2, -0.15) is 0 Å². The third-order valence-corrected chi connectivity index (χ3v) is 7.25. The Morgan fingerprint density at radius 3 is 2.69 bits per heavy atom. The summed E-state index contributed by atoms with van der Waals surface area (Å²) in [5.41, 5.74) is 2.15. The molecule has 0 spiro atoms. The van der Waals surface area contributed by atoms with E-state index in [1.165, 1.54) is 29.0 Å². The minimum absolute atomic E-state index is 0.0197. The summed E-state index contributed by atoms with van der Waals surface area (Å²) in [7, 11) is 0. The molecule has 0 aliphatic carbocycles. The van der Waals surface area contributed by atoms with Gasteiger partial charge in [0.05, 0.1) is 23.0 Å². The van der Waals surface area contributed by atoms with E-state index < -0.39 is 0 Å². The maximum atomic E-state index is 13.2. The summed E-state index contributed by atoms with van der Waals surface area (Å²) >= 11 is 3.16. The van der Waals surface area contributed by atoms with Gasteiger partial charge in [0, 0.05) is 11.3 Å². The predicted octanol–water partition coefficient (Wildman–Crippen LogP) is 7.26. The third-order valence-electron chi connectivity index (χ3n) is 5.10. The van der Waals surface area contributed by atoms with E-state index in [0.29, 0.717) is 24.0 Å². The number of thiazole rings is 1. The van der Waals surface area contributed by atoms with Crippen LogP contribution in [0, 0.1) is 5.82 Å². The van der Waals surface area contributed by atoms with Crippen molar-refractivity contribution < 1.29 is 13.6 Å². The van der Waals surface area contributed by atoms with Gasteiger partial charge in [-0.1, -0.05) is 37.3 Å². The Kier molecular flexibility index (Phi) is 7.27. The average molecular weight is 469 g/mol. The summed E-state index contributed by atoms with van der Waals surface area (Å²) in [5.74, 6) is 1.64. The van der Waals surface area contributed by atoms with Gasteiger partial charge in [-0.05, 0) is 66.1 Å². The molecule has 4 aromatic rings. The van der Waals surface area contributed by atoms with Crippen molar-refractivity contribution in [2.75, 3.05) is 10.7 Å². The number of anilines is 1. The zero-order valence-electron chi connectivity index (χ0n) is 18.1. The van der Waals surface area contributed by atoms with Crippen LogP contribution in [0.5, 0.6) is 0 Å². The van der Waals surface area contributed by atoms with Crippen LogP contribution in [0.4, 0.5) is 9.52 Å². The fourth-order valence-corrected chi connectivity index (χ4v) is 5.31. The molecular weight excluding hydrogens is 443 g/mol. The fraction of sp³-hybridized carbons (Fsp3) is 0.280. The first-order valence-corrected chi connectivity index (χ1v) is 12.4. The van der Waals surface area contributed by atoms with Gasteiger partial charge >= 0.3 is 0 Å². The van der Waals surface area contributed by atoms with Crippen LogP contribution in [0.15, 0.2) is 70.2 Å². The Bertz CT molecular complexity index is 1170. The molecule has 0 saturated carbocycles. The molecule has 0 aliphatic rings. The Hall–Kier alpha value is -2.64. The molecule has 0 saturated heterocycles. The van der Waals surface area contributed by atoms with E-state index in [2.05, 4.69) is 26.0 Å². The van der Waals surface area contributed by atoms with Gasteiger partial charge in [0.1, 0.15) is 11.6 Å². The number of hydrogen-bond acceptors (Lipinski definition) is 5. The highest BCUT2D eigenvalue weighted by Gasteiger charge is 2.22. The lowest BCUT2D eigenvalue weighted by Gasteiger charge is -2.18. The number of furan rings is 1. The van der Waals surface area contributed by atoms with E-state index in [9.17, 15) is 9.18 Å². The molecule has 0 atom stereocenters. The number of carbonyl (C=O) groups excluding carboxylic acids is 1. The number of halogens is 1. The average Bonchev–Trinajstić information content (AvgIpc) is 3.45. The molecule has 7 heteroatoms. The number of fused-ring (bicyclic) bond motifs is 1. The maximum Gasteiger partial charge on any atom is 0.229 e. The molecule has 4 rings (SSSR count). The van der Waals surface area contributed by atoms with Crippen molar-refractivity contribution in [2.24, 2.45) is 0 Å². The van der Waals surface area contributed by atoms with E-state index in [1.54, 1.807) is 35.1 Å². The van der Waals surface area contributed by atoms with Crippen molar-refractivity contribution in [1.82, 2.24) is 4.98 Å². The molecule has 2 aromatic carbocycles. The number of aromatic nitrogens is 1. The van der Waals surface area contributed by atoms with Crippen LogP contribution < -0.4 is 4.90 Å². The Labute approximate surface area is 195 Å². The van der Waals surface area contributed by atoms with Crippen molar-refractivity contribution in [1.29, 1.82) is 0 Å². The number of thioether (sulfide) groups is 1. The first kappa shape index (κ1) is 22.6. The topological polar surface area (TPSA) is 46.3 Å². The minimum atomic E-state index is -0.241. The highest BCUT2D eigenvalue weighted by molar-refractivity contribution is 7.99. The van der Waals surface area contributed by atoms with E-state index >= 15 is 0 Å². The monoisotopic (exact) mass is 468 g/mol. The molecule has 0 aliphatic heterocycles. The fourth-order valence-electron chi connectivity index (χ4n) is 3.44. The van der Waals surface area contributed by atoms with Crippen molar-refractivity contribution in [3.63, 3.8) is 0 Å². The highest BCUT2D eigenvalue weighted by Crippen LogP contribution is 2.34. The van der Waals surface area contributed by atoms with Gasteiger partial charge in [-0.25, -0.2) is 9.37 Å². The molecular formula is C25H25FN2O2S2. The van der Waals surface area contributed by atoms with Crippen molar-refractivity contribution >= 4 is 44.4 Å². The number of benzene rings is 2. The van der Waals surface area contributed by atoms with Crippen LogP contribution in [0.2, 0.25) is 0 Å². The van der Waals surface area contributed by atoms with Gasteiger partial charge in [-0.3, -0.25) is 9.69 Å². The van der Waals surface area contributed by atoms with Gasteiger partial charge in [0.25, 0.3) is 0 Å². The zero-order chi connectivity index (χ0) is 22.5. The molecule has 4 nitrogen and oxygen atoms in total. The Morgan fingerprint density at radius 2 is 1.97 bits per heavy atom. The van der Waals surface area contributed by atoms with Crippen LogP contribution >= 0.6 is 23.1 Å². The summed E-state index contributed by atoms with van der Waals surface area (Å²) in [4.78, 5) is 20.8. The maximum absolute atomic E-state index is 13.2. The molecule has 1 amide bonds. The largest absolute Gasteiger partial charge is 0.467 e. The molecule has 0 N–H and O–H groups in total. The normalized spacial score (nSPS) is 11.4. The number of para-hydroxylation sites is 1. The lowest BCUT2D eigenvalue weighted by Crippen LogP contribution is -2.30. The van der Waals surface area contributed by atoms with Crippen LogP contribution in [0.3, 0.4) is 0 Å². The lowest BCUT2D eigenvalue weighted by atomic mass is 10.0. The second-order valence-corrected chi connectivity index (χ2v) is 9.99. The van der Waals surface area contributed by atoms with E-state index in [-0.39, 0.29) is 11.7 Å². The SMILES string of the molecule is CC(C)c1cccc2sc(N(Cc3ccco3)C(=O)CCCSc3ccc(F)cc3)nc12. The zero-order valence-corrected chi connectivity index (χ0v) is 19.7. The Morgan fingerprint density at radius 1 is 1.16 bits per heavy atom. The summed E-state index contributed by atoms with van der Waals surface area (Å²) in [6.07, 6.45) is 2.74. The molecule has 0 radical (unpaired) electrons. The first-order valence-electron chi connectivity index (χ1n) is 10.6. The van der Waals surface area contributed by atoms with Crippen LogP contribution in [0.25, 0.3) is 10.2 Å². The van der Waals surface area contributed by atoms with Crippen molar-refractivity contribution in [3.05, 3.63) is 78.0 Å². The lowest BCUT2D eigenvalue weighted by molar-refractivity contribution is -0.118. The number of nitrogens with zero attached hydrogens (tertiary/aromatic N) is 2. The highest BCUT2D eigenvalue weighted by atomic mass is 32.2. The van der Waals surface area contributed by atoms with Gasteiger partial charge < -0.3 is 4.42 Å². The smallest absolute Gasteiger partial charge is 0.229 e. The second-order valence-electron chi connectivity index (χ2n) is 7.81. The number of amides is 1. The van der Waals surface area contributed by atoms with Crippen LogP contribution in [-0.2, 0) is 11.3 Å². The predicted molar refractivity (Wildman–Crippen MR) is 130 cm³/mol. The van der Waals surface area contributed by atoms with E-state index in [0.717, 1.165) is 33.0 Å². The molecule has 0 bridgehead atoms. The van der Waals surface area contributed by atoms with Crippen molar-refractivity contribution in [3.8, 4) is 0 Å². The molecule has 2 aromatic heterocycles. The number of rotatable bonds is 9. The van der Waals surface area contributed by atoms with Gasteiger partial charge in [-0.15, -0.1) is 11.8 Å².